The molecule has 1 aromatic rings. The first-order valence-electron chi connectivity index (χ1n) is 7.31. The summed E-state index contributed by atoms with van der Waals surface area (Å²) in [5.74, 6) is 0.379. The minimum absolute atomic E-state index is 0. The third-order valence-corrected chi connectivity index (χ3v) is 4.92. The number of nitro groups is 1. The van der Waals surface area contributed by atoms with E-state index >= 15 is 0 Å². The van der Waals surface area contributed by atoms with E-state index in [4.69, 9.17) is 5.73 Å². The van der Waals surface area contributed by atoms with E-state index in [-0.39, 0.29) is 30.0 Å². The van der Waals surface area contributed by atoms with Crippen LogP contribution < -0.4 is 5.73 Å². The van der Waals surface area contributed by atoms with Crippen LogP contribution >= 0.6 is 24.2 Å². The lowest BCUT2D eigenvalue weighted by Crippen LogP contribution is -2.49. The van der Waals surface area contributed by atoms with Gasteiger partial charge >= 0.3 is 0 Å². The van der Waals surface area contributed by atoms with Crippen molar-refractivity contribution < 1.29 is 9.72 Å². The number of likely N-dealkylation sites (tertiary alicyclic amines) is 1. The highest BCUT2D eigenvalue weighted by molar-refractivity contribution is 7.98. The summed E-state index contributed by atoms with van der Waals surface area (Å²) >= 11 is 1.30. The Morgan fingerprint density at radius 3 is 2.78 bits per heavy atom. The second-order valence-corrected chi connectivity index (χ2v) is 6.51. The van der Waals surface area contributed by atoms with Gasteiger partial charge in [-0.1, -0.05) is 6.92 Å². The number of carbonyl (C=O) groups excluding carboxylic acids is 1. The van der Waals surface area contributed by atoms with Crippen molar-refractivity contribution in [1.29, 1.82) is 0 Å². The Bertz CT molecular complexity index is 585. The second kappa shape index (κ2) is 8.52. The molecule has 1 aliphatic heterocycles. The summed E-state index contributed by atoms with van der Waals surface area (Å²) in [6, 6.07) is 4.68. The van der Waals surface area contributed by atoms with Crippen LogP contribution in [-0.4, -0.2) is 41.1 Å². The summed E-state index contributed by atoms with van der Waals surface area (Å²) in [6.07, 6.45) is 3.60. The number of carbonyl (C=O) groups is 1. The third-order valence-electron chi connectivity index (χ3n) is 4.13. The van der Waals surface area contributed by atoms with E-state index in [0.717, 1.165) is 12.8 Å². The fourth-order valence-electron chi connectivity index (χ4n) is 2.87. The highest BCUT2D eigenvalue weighted by atomic mass is 35.5. The zero-order chi connectivity index (χ0) is 16.3. The molecule has 0 aliphatic carbocycles. The van der Waals surface area contributed by atoms with Crippen molar-refractivity contribution in [2.45, 2.75) is 30.7 Å². The second-order valence-electron chi connectivity index (χ2n) is 5.66. The molecule has 1 amide bonds. The zero-order valence-electron chi connectivity index (χ0n) is 13.2. The van der Waals surface area contributed by atoms with E-state index in [1.807, 2.05) is 0 Å². The largest absolute Gasteiger partial charge is 0.334 e. The van der Waals surface area contributed by atoms with E-state index in [0.29, 0.717) is 29.5 Å². The van der Waals surface area contributed by atoms with E-state index in [1.54, 1.807) is 23.3 Å². The van der Waals surface area contributed by atoms with Gasteiger partial charge in [0.25, 0.3) is 11.6 Å². The summed E-state index contributed by atoms with van der Waals surface area (Å²) in [7, 11) is 0. The summed E-state index contributed by atoms with van der Waals surface area (Å²) < 4.78 is 0. The molecular formula is C15H22ClN3O3S. The van der Waals surface area contributed by atoms with Crippen LogP contribution in [0.25, 0.3) is 0 Å². The summed E-state index contributed by atoms with van der Waals surface area (Å²) in [4.78, 5) is 25.7. The van der Waals surface area contributed by atoms with Gasteiger partial charge in [-0.2, -0.15) is 0 Å². The van der Waals surface area contributed by atoms with Gasteiger partial charge in [0.2, 0.25) is 0 Å². The van der Waals surface area contributed by atoms with Crippen molar-refractivity contribution >= 4 is 35.8 Å². The monoisotopic (exact) mass is 359 g/mol. The molecule has 0 aromatic heterocycles. The Balaban J connectivity index is 0.00000264. The smallest absolute Gasteiger partial charge is 0.283 e. The molecule has 2 unspecified atom stereocenters. The average molecular weight is 360 g/mol. The molecule has 128 valence electrons. The lowest BCUT2D eigenvalue weighted by molar-refractivity contribution is -0.387. The van der Waals surface area contributed by atoms with Gasteiger partial charge in [-0.05, 0) is 37.1 Å². The van der Waals surface area contributed by atoms with Gasteiger partial charge in [-0.25, -0.2) is 0 Å². The highest BCUT2D eigenvalue weighted by Crippen LogP contribution is 2.30. The highest BCUT2D eigenvalue weighted by Gasteiger charge is 2.30. The number of amides is 1. The van der Waals surface area contributed by atoms with Crippen LogP contribution in [0.3, 0.4) is 0 Å². The van der Waals surface area contributed by atoms with Gasteiger partial charge in [-0.15, -0.1) is 24.2 Å². The predicted octanol–water partition coefficient (Wildman–Crippen LogP) is 2.94. The molecule has 2 atom stereocenters. The van der Waals surface area contributed by atoms with Crippen LogP contribution in [0.1, 0.15) is 30.1 Å². The molecule has 2 N–H and O–H groups in total. The van der Waals surface area contributed by atoms with Crippen LogP contribution in [0.15, 0.2) is 23.1 Å². The third kappa shape index (κ3) is 4.37. The number of rotatable bonds is 4. The van der Waals surface area contributed by atoms with E-state index in [9.17, 15) is 14.9 Å². The lowest BCUT2D eigenvalue weighted by atomic mass is 9.92. The summed E-state index contributed by atoms with van der Waals surface area (Å²) in [5, 5.41) is 11.1. The number of hydrogen-bond acceptors (Lipinski definition) is 5. The Hall–Kier alpha value is -1.31. The number of benzene rings is 1. The summed E-state index contributed by atoms with van der Waals surface area (Å²) in [5.41, 5.74) is 6.13. The molecule has 1 heterocycles. The van der Waals surface area contributed by atoms with Gasteiger partial charge in [0, 0.05) is 30.8 Å². The van der Waals surface area contributed by atoms with Gasteiger partial charge in [0.1, 0.15) is 0 Å². The van der Waals surface area contributed by atoms with Crippen LogP contribution in [0.4, 0.5) is 5.69 Å². The fraction of sp³-hybridized carbons (Fsp3) is 0.533. The number of nitro benzene ring substituents is 1. The average Bonchev–Trinajstić information content (AvgIpc) is 2.53. The maximum Gasteiger partial charge on any atom is 0.283 e. The van der Waals surface area contributed by atoms with Gasteiger partial charge in [-0.3, -0.25) is 14.9 Å². The van der Waals surface area contributed by atoms with Crippen LogP contribution in [-0.2, 0) is 0 Å². The van der Waals surface area contributed by atoms with Gasteiger partial charge < -0.3 is 10.6 Å². The summed E-state index contributed by atoms with van der Waals surface area (Å²) in [6.45, 7) is 3.23. The van der Waals surface area contributed by atoms with Gasteiger partial charge in [0.15, 0.2) is 0 Å². The number of nitrogens with zero attached hydrogens (tertiary/aromatic N) is 2. The number of hydrogen-bond donors (Lipinski definition) is 1. The maximum atomic E-state index is 12.7. The number of nitrogens with two attached hydrogens (primary N) is 1. The fourth-order valence-corrected chi connectivity index (χ4v) is 3.42. The van der Waals surface area contributed by atoms with Gasteiger partial charge in [0.05, 0.1) is 9.82 Å². The molecule has 0 radical (unpaired) electrons. The SMILES string of the molecule is CSc1ccc(C(=O)N2CCC(C)CC2CN)cc1[N+](=O)[O-].Cl. The molecule has 0 spiro atoms. The molecule has 1 aromatic carbocycles. The van der Waals surface area contributed by atoms with Crippen molar-refractivity contribution in [3.05, 3.63) is 33.9 Å². The normalized spacial score (nSPS) is 20.7. The van der Waals surface area contributed by atoms with Crippen LogP contribution in [0.2, 0.25) is 0 Å². The van der Waals surface area contributed by atoms with Crippen molar-refractivity contribution in [1.82, 2.24) is 4.90 Å². The molecule has 8 heteroatoms. The molecular weight excluding hydrogens is 338 g/mol. The Morgan fingerprint density at radius 2 is 2.22 bits per heavy atom. The maximum absolute atomic E-state index is 12.7. The van der Waals surface area contributed by atoms with E-state index in [2.05, 4.69) is 6.92 Å². The first-order chi connectivity index (χ1) is 10.5. The minimum atomic E-state index is -0.443. The molecule has 0 bridgehead atoms. The predicted molar refractivity (Wildman–Crippen MR) is 94.4 cm³/mol. The number of thioether (sulfide) groups is 1. The van der Waals surface area contributed by atoms with E-state index in [1.165, 1.54) is 17.8 Å². The molecule has 1 fully saturated rings. The first kappa shape index (κ1) is 19.7. The van der Waals surface area contributed by atoms with E-state index < -0.39 is 4.92 Å². The Kier molecular flexibility index (Phi) is 7.31. The topological polar surface area (TPSA) is 89.5 Å². The molecule has 6 nitrogen and oxygen atoms in total. The zero-order valence-corrected chi connectivity index (χ0v) is 14.9. The standard InChI is InChI=1S/C15H21N3O3S.ClH/c1-10-5-6-17(12(7-10)9-16)15(19)11-3-4-14(22-2)13(8-11)18(20)21;/h3-4,8,10,12H,5-7,9,16H2,1-2H3;1H. The van der Waals surface area contributed by atoms with Crippen molar-refractivity contribution in [2.75, 3.05) is 19.3 Å². The lowest BCUT2D eigenvalue weighted by Gasteiger charge is -2.38. The molecule has 0 saturated carbocycles. The molecule has 23 heavy (non-hydrogen) atoms. The molecule has 2 rings (SSSR count). The molecule has 1 saturated heterocycles. The first-order valence-corrected chi connectivity index (χ1v) is 8.53. The Labute approximate surface area is 146 Å². The quantitative estimate of drug-likeness (QED) is 0.507. The number of halogens is 1. The van der Waals surface area contributed by atoms with Crippen LogP contribution in [0, 0.1) is 16.0 Å². The number of piperidine rings is 1. The van der Waals surface area contributed by atoms with Crippen molar-refractivity contribution in [2.24, 2.45) is 11.7 Å². The minimum Gasteiger partial charge on any atom is -0.334 e. The van der Waals surface area contributed by atoms with Crippen LogP contribution in [0.5, 0.6) is 0 Å². The van der Waals surface area contributed by atoms with Crippen molar-refractivity contribution in [3.63, 3.8) is 0 Å². The Morgan fingerprint density at radius 1 is 1.52 bits per heavy atom. The van der Waals surface area contributed by atoms with Crippen molar-refractivity contribution in [3.8, 4) is 0 Å². The molecule has 1 aliphatic rings.